The number of carbonyl (C=O) groups is 5. The maximum Gasteiger partial charge on any atom is 0.514 e. The van der Waals surface area contributed by atoms with Crippen molar-refractivity contribution in [3.8, 4) is 18.1 Å². The first kappa shape index (κ1) is 38.4. The van der Waals surface area contributed by atoms with Crippen LogP contribution in [0.3, 0.4) is 0 Å². The summed E-state index contributed by atoms with van der Waals surface area (Å²) in [6.45, 7) is 4.55. The topological polar surface area (TPSA) is 245 Å². The van der Waals surface area contributed by atoms with E-state index in [1.54, 1.807) is 6.92 Å². The SMILES string of the molecule is C#CC[C@@H](OC(=O)OC1=CC=C([N+](=O)[O-])CC1C)c1ccc(O[C@@H]2O[C@H](C(=O)OC)[C@@H](OC(C)=O)[C@H](OC(C)=O)[C@H]2OC(C)=O)c([N+](=O)[O-])c1. The third kappa shape index (κ3) is 9.76. The van der Waals surface area contributed by atoms with E-state index >= 15 is 0 Å². The van der Waals surface area contributed by atoms with Crippen LogP contribution in [0.4, 0.5) is 10.5 Å². The van der Waals surface area contributed by atoms with E-state index in [0.29, 0.717) is 0 Å². The number of nitrogens with zero attached hydrogens (tertiary/aromatic N) is 2. The van der Waals surface area contributed by atoms with Crippen molar-refractivity contribution in [3.05, 3.63) is 67.6 Å². The van der Waals surface area contributed by atoms with Gasteiger partial charge in [-0.15, -0.1) is 12.3 Å². The molecule has 2 aliphatic rings. The van der Waals surface area contributed by atoms with Gasteiger partial charge in [0.2, 0.25) is 18.1 Å². The number of ether oxygens (including phenoxy) is 8. The smallest absolute Gasteiger partial charge is 0.467 e. The van der Waals surface area contributed by atoms with Crippen LogP contribution in [0.15, 0.2) is 41.8 Å². The van der Waals surface area contributed by atoms with Crippen LogP contribution >= 0.6 is 0 Å². The van der Waals surface area contributed by atoms with Crippen LogP contribution in [-0.4, -0.2) is 77.7 Å². The molecule has 1 aromatic rings. The highest BCUT2D eigenvalue weighted by Crippen LogP contribution is 2.37. The van der Waals surface area contributed by atoms with Crippen molar-refractivity contribution in [2.24, 2.45) is 5.92 Å². The van der Waals surface area contributed by atoms with Crippen LogP contribution in [-0.2, 0) is 52.3 Å². The number of allylic oxidation sites excluding steroid dienone is 4. The van der Waals surface area contributed by atoms with Gasteiger partial charge in [0.25, 0.3) is 0 Å². The number of hydrogen-bond donors (Lipinski definition) is 0. The van der Waals surface area contributed by atoms with Gasteiger partial charge >= 0.3 is 35.7 Å². The molecule has 7 atom stereocenters. The Bertz CT molecular complexity index is 1640. The molecule has 1 saturated heterocycles. The minimum Gasteiger partial charge on any atom is -0.467 e. The number of nitro benzene ring substituents is 1. The van der Waals surface area contributed by atoms with Gasteiger partial charge in [0, 0.05) is 50.8 Å². The van der Waals surface area contributed by atoms with Crippen LogP contribution in [0.1, 0.15) is 52.2 Å². The number of esters is 4. The van der Waals surface area contributed by atoms with Gasteiger partial charge < -0.3 is 37.9 Å². The summed E-state index contributed by atoms with van der Waals surface area (Å²) in [5, 5.41) is 23.3. The second kappa shape index (κ2) is 16.9. The molecule has 1 aromatic carbocycles. The lowest BCUT2D eigenvalue weighted by atomic mass is 9.97. The molecule has 3 rings (SSSR count). The summed E-state index contributed by atoms with van der Waals surface area (Å²) in [6.07, 6.45) is -3.81. The largest absolute Gasteiger partial charge is 0.514 e. The Morgan fingerprint density at radius 3 is 2.12 bits per heavy atom. The van der Waals surface area contributed by atoms with Crippen LogP contribution < -0.4 is 4.74 Å². The molecule has 50 heavy (non-hydrogen) atoms. The van der Waals surface area contributed by atoms with Gasteiger partial charge in [0.15, 0.2) is 24.1 Å². The summed E-state index contributed by atoms with van der Waals surface area (Å²) in [4.78, 5) is 83.3. The predicted molar refractivity (Wildman–Crippen MR) is 162 cm³/mol. The quantitative estimate of drug-likeness (QED) is 0.0997. The Kier molecular flexibility index (Phi) is 13.0. The Morgan fingerprint density at radius 1 is 0.960 bits per heavy atom. The second-order valence-corrected chi connectivity index (χ2v) is 10.7. The third-order valence-corrected chi connectivity index (χ3v) is 7.05. The highest BCUT2D eigenvalue weighted by atomic mass is 16.7. The first-order valence-corrected chi connectivity index (χ1v) is 14.6. The Labute approximate surface area is 283 Å². The average molecular weight is 705 g/mol. The fourth-order valence-corrected chi connectivity index (χ4v) is 4.94. The first-order chi connectivity index (χ1) is 23.6. The monoisotopic (exact) mass is 704 g/mol. The van der Waals surface area contributed by atoms with Crippen molar-refractivity contribution in [3.63, 3.8) is 0 Å². The molecule has 19 heteroatoms. The van der Waals surface area contributed by atoms with E-state index in [1.807, 2.05) is 0 Å². The van der Waals surface area contributed by atoms with E-state index in [0.717, 1.165) is 40.0 Å². The minimum absolute atomic E-state index is 0.0109. The molecule has 1 aliphatic heterocycles. The molecular weight excluding hydrogens is 672 g/mol. The molecular formula is C31H32N2O17. The molecule has 0 radical (unpaired) electrons. The number of terminal acetylenes is 1. The number of nitro groups is 2. The van der Waals surface area contributed by atoms with E-state index < -0.39 is 94.0 Å². The minimum atomic E-state index is -1.90. The summed E-state index contributed by atoms with van der Waals surface area (Å²) >= 11 is 0. The molecule has 1 aliphatic carbocycles. The zero-order chi connectivity index (χ0) is 37.3. The Balaban J connectivity index is 1.97. The van der Waals surface area contributed by atoms with Crippen LogP contribution in [0, 0.1) is 38.5 Å². The highest BCUT2D eigenvalue weighted by molar-refractivity contribution is 5.77. The van der Waals surface area contributed by atoms with E-state index in [9.17, 15) is 44.2 Å². The number of benzene rings is 1. The Hall–Kier alpha value is -6.03. The maximum atomic E-state index is 12.7. The number of hydrogen-bond acceptors (Lipinski definition) is 17. The van der Waals surface area contributed by atoms with Gasteiger partial charge in [-0.05, 0) is 12.1 Å². The summed E-state index contributed by atoms with van der Waals surface area (Å²) in [6, 6.07) is 3.28. The van der Waals surface area contributed by atoms with Gasteiger partial charge in [-0.2, -0.15) is 0 Å². The van der Waals surface area contributed by atoms with Crippen LogP contribution in [0.2, 0.25) is 0 Å². The van der Waals surface area contributed by atoms with Gasteiger partial charge in [0.1, 0.15) is 11.9 Å². The van der Waals surface area contributed by atoms with Gasteiger partial charge in [-0.3, -0.25) is 34.6 Å². The van der Waals surface area contributed by atoms with Crippen LogP contribution in [0.5, 0.6) is 5.75 Å². The molecule has 0 amide bonds. The zero-order valence-corrected chi connectivity index (χ0v) is 27.3. The van der Waals surface area contributed by atoms with Crippen molar-refractivity contribution < 1.29 is 71.7 Å². The standard InChI is InChI=1S/C31H32N2O17/c1-7-8-23(49-31(38)48-22-12-10-20(32(39)40)13-15(22)2)19-9-11-24(21(14-19)33(41)42)47-30-28(46-18(5)36)26(45-17(4)35)25(44-16(3)34)27(50-30)29(37)43-6/h1,9-12,14-15,23,25-28,30H,8,13H2,2-6H3/t15?,23-,25+,26+,27+,28-,30-/m1/s1. The van der Waals surface area contributed by atoms with Crippen molar-refractivity contribution in [1.29, 1.82) is 0 Å². The molecule has 0 N–H and O–H groups in total. The fraction of sp³-hybridized carbons (Fsp3) is 0.452. The lowest BCUT2D eigenvalue weighted by Gasteiger charge is -2.42. The second-order valence-electron chi connectivity index (χ2n) is 10.7. The van der Waals surface area contributed by atoms with E-state index in [2.05, 4.69) is 5.92 Å². The van der Waals surface area contributed by atoms with E-state index in [-0.39, 0.29) is 29.9 Å². The molecule has 0 spiro atoms. The molecule has 0 bridgehead atoms. The van der Waals surface area contributed by atoms with Gasteiger partial charge in [-0.25, -0.2) is 9.59 Å². The average Bonchev–Trinajstić information content (AvgIpc) is 3.03. The number of rotatable bonds is 12. The van der Waals surface area contributed by atoms with E-state index in [4.69, 9.17) is 44.3 Å². The molecule has 0 saturated carbocycles. The third-order valence-electron chi connectivity index (χ3n) is 7.05. The van der Waals surface area contributed by atoms with Crippen molar-refractivity contribution in [1.82, 2.24) is 0 Å². The molecule has 1 fully saturated rings. The lowest BCUT2D eigenvalue weighted by Crippen LogP contribution is -2.64. The highest BCUT2D eigenvalue weighted by Gasteiger charge is 2.56. The maximum absolute atomic E-state index is 12.7. The van der Waals surface area contributed by atoms with Gasteiger partial charge in [0.05, 0.1) is 23.4 Å². The van der Waals surface area contributed by atoms with Crippen molar-refractivity contribution in [2.75, 3.05) is 7.11 Å². The Morgan fingerprint density at radius 2 is 1.58 bits per heavy atom. The normalized spacial score (nSPS) is 23.3. The summed E-state index contributed by atoms with van der Waals surface area (Å²) < 4.78 is 42.4. The predicted octanol–water partition coefficient (Wildman–Crippen LogP) is 2.97. The molecule has 0 aromatic heterocycles. The van der Waals surface area contributed by atoms with Gasteiger partial charge in [-0.1, -0.05) is 13.0 Å². The lowest BCUT2D eigenvalue weighted by molar-refractivity contribution is -0.429. The molecule has 19 nitrogen and oxygen atoms in total. The van der Waals surface area contributed by atoms with Crippen molar-refractivity contribution >= 4 is 35.7 Å². The number of carbonyl (C=O) groups excluding carboxylic acids is 5. The molecule has 1 heterocycles. The summed E-state index contributed by atoms with van der Waals surface area (Å²) in [7, 11) is 0.981. The van der Waals surface area contributed by atoms with Crippen LogP contribution in [0.25, 0.3) is 0 Å². The summed E-state index contributed by atoms with van der Waals surface area (Å²) in [5.74, 6) is -2.66. The van der Waals surface area contributed by atoms with E-state index in [1.165, 1.54) is 18.2 Å². The fourth-order valence-electron chi connectivity index (χ4n) is 4.94. The summed E-state index contributed by atoms with van der Waals surface area (Å²) in [5.41, 5.74) is -0.808. The molecule has 268 valence electrons. The zero-order valence-electron chi connectivity index (χ0n) is 27.3. The molecule has 1 unspecified atom stereocenters. The van der Waals surface area contributed by atoms with Crippen molar-refractivity contribution in [2.45, 2.75) is 77.3 Å². The number of methoxy groups -OCH3 is 1. The first-order valence-electron chi connectivity index (χ1n) is 14.6.